The highest BCUT2D eigenvalue weighted by Gasteiger charge is 2.15. The van der Waals surface area contributed by atoms with Gasteiger partial charge >= 0.3 is 0 Å². The lowest BCUT2D eigenvalue weighted by atomic mass is 10.2. The van der Waals surface area contributed by atoms with Crippen LogP contribution in [0.3, 0.4) is 0 Å². The quantitative estimate of drug-likeness (QED) is 0.897. The fraction of sp³-hybridized carbons (Fsp3) is 0.308. The van der Waals surface area contributed by atoms with Gasteiger partial charge in [0.1, 0.15) is 11.9 Å². The zero-order valence-corrected chi connectivity index (χ0v) is 11.9. The van der Waals surface area contributed by atoms with E-state index in [2.05, 4.69) is 21.4 Å². The minimum Gasteiger partial charge on any atom is -0.397 e. The predicted molar refractivity (Wildman–Crippen MR) is 77.0 cm³/mol. The van der Waals surface area contributed by atoms with Gasteiger partial charge in [-0.1, -0.05) is 0 Å². The summed E-state index contributed by atoms with van der Waals surface area (Å²) in [7, 11) is 0. The van der Waals surface area contributed by atoms with Crippen molar-refractivity contribution >= 4 is 22.8 Å². The summed E-state index contributed by atoms with van der Waals surface area (Å²) in [6.07, 6.45) is 1.54. The van der Waals surface area contributed by atoms with E-state index in [-0.39, 0.29) is 6.04 Å². The average molecular weight is 273 g/mol. The molecule has 0 fully saturated rings. The van der Waals surface area contributed by atoms with Crippen molar-refractivity contribution in [2.45, 2.75) is 26.8 Å². The Labute approximate surface area is 116 Å². The van der Waals surface area contributed by atoms with E-state index < -0.39 is 0 Å². The van der Waals surface area contributed by atoms with Crippen molar-refractivity contribution < 1.29 is 0 Å². The van der Waals surface area contributed by atoms with Crippen molar-refractivity contribution in [1.82, 2.24) is 9.97 Å². The zero-order valence-electron chi connectivity index (χ0n) is 11.1. The van der Waals surface area contributed by atoms with E-state index in [1.807, 2.05) is 20.8 Å². The number of rotatable bonds is 3. The van der Waals surface area contributed by atoms with Gasteiger partial charge in [0.05, 0.1) is 34.2 Å². The van der Waals surface area contributed by atoms with Crippen LogP contribution >= 0.6 is 11.3 Å². The number of nitrogen functional groups attached to an aromatic ring is 1. The SMILES string of the molecule is Cc1nc(C)c(C(C)Nc2ncc(N)cc2C#N)s1. The number of aromatic nitrogens is 2. The Morgan fingerprint density at radius 1 is 1.47 bits per heavy atom. The van der Waals surface area contributed by atoms with Gasteiger partial charge in [0, 0.05) is 4.88 Å². The van der Waals surface area contributed by atoms with Crippen LogP contribution in [0.15, 0.2) is 12.3 Å². The fourth-order valence-corrected chi connectivity index (χ4v) is 2.83. The third kappa shape index (κ3) is 2.83. The first-order chi connectivity index (χ1) is 9.01. The van der Waals surface area contributed by atoms with E-state index in [4.69, 9.17) is 11.0 Å². The number of anilines is 2. The third-order valence-electron chi connectivity index (χ3n) is 2.72. The molecular formula is C13H15N5S. The molecule has 5 nitrogen and oxygen atoms in total. The molecular weight excluding hydrogens is 258 g/mol. The first-order valence-electron chi connectivity index (χ1n) is 5.87. The van der Waals surface area contributed by atoms with Gasteiger partial charge in [0.15, 0.2) is 0 Å². The molecule has 0 amide bonds. The van der Waals surface area contributed by atoms with Crippen LogP contribution in [0, 0.1) is 25.2 Å². The van der Waals surface area contributed by atoms with Crippen molar-refractivity contribution in [2.75, 3.05) is 11.1 Å². The standard InChI is InChI=1S/C13H15N5S/c1-7-12(19-9(3)17-7)8(2)18-13-10(5-14)4-11(15)6-16-13/h4,6,8H,15H2,1-3H3,(H,16,18). The topological polar surface area (TPSA) is 87.6 Å². The molecule has 0 aliphatic carbocycles. The minimum absolute atomic E-state index is 0.0504. The second-order valence-corrected chi connectivity index (χ2v) is 5.56. The first kappa shape index (κ1) is 13.3. The molecule has 2 aromatic rings. The van der Waals surface area contributed by atoms with E-state index in [0.717, 1.165) is 15.6 Å². The maximum Gasteiger partial charge on any atom is 0.144 e. The number of hydrogen-bond donors (Lipinski definition) is 2. The van der Waals surface area contributed by atoms with Crippen LogP contribution in [0.4, 0.5) is 11.5 Å². The predicted octanol–water partition coefficient (Wildman–Crippen LogP) is 2.78. The van der Waals surface area contributed by atoms with Crippen molar-refractivity contribution in [2.24, 2.45) is 0 Å². The van der Waals surface area contributed by atoms with Gasteiger partial charge in [-0.3, -0.25) is 0 Å². The molecule has 0 radical (unpaired) electrons. The Morgan fingerprint density at radius 3 is 2.79 bits per heavy atom. The summed E-state index contributed by atoms with van der Waals surface area (Å²) in [6, 6.07) is 3.76. The van der Waals surface area contributed by atoms with Gasteiger partial charge < -0.3 is 11.1 Å². The highest BCUT2D eigenvalue weighted by molar-refractivity contribution is 7.11. The van der Waals surface area contributed by atoms with Crippen LogP contribution < -0.4 is 11.1 Å². The molecule has 98 valence electrons. The number of aryl methyl sites for hydroxylation is 2. The summed E-state index contributed by atoms with van der Waals surface area (Å²) in [6.45, 7) is 5.99. The zero-order chi connectivity index (χ0) is 14.0. The summed E-state index contributed by atoms with van der Waals surface area (Å²) in [5, 5.41) is 13.4. The van der Waals surface area contributed by atoms with Crippen molar-refractivity contribution in [3.63, 3.8) is 0 Å². The minimum atomic E-state index is 0.0504. The van der Waals surface area contributed by atoms with Crippen LogP contribution in [0.25, 0.3) is 0 Å². The molecule has 0 saturated heterocycles. The van der Waals surface area contributed by atoms with Crippen molar-refractivity contribution in [3.8, 4) is 6.07 Å². The Kier molecular flexibility index (Phi) is 3.67. The molecule has 2 aromatic heterocycles. The average Bonchev–Trinajstić information content (AvgIpc) is 2.70. The van der Waals surface area contributed by atoms with Gasteiger partial charge in [-0.2, -0.15) is 5.26 Å². The molecule has 3 N–H and O–H groups in total. The summed E-state index contributed by atoms with van der Waals surface area (Å²) in [5.74, 6) is 0.551. The Hall–Kier alpha value is -2.13. The number of thiazole rings is 1. The molecule has 0 bridgehead atoms. The molecule has 19 heavy (non-hydrogen) atoms. The van der Waals surface area contributed by atoms with E-state index in [9.17, 15) is 0 Å². The van der Waals surface area contributed by atoms with Crippen LogP contribution in [0.2, 0.25) is 0 Å². The molecule has 6 heteroatoms. The highest BCUT2D eigenvalue weighted by atomic mass is 32.1. The number of nitriles is 1. The van der Waals surface area contributed by atoms with Gasteiger partial charge in [-0.15, -0.1) is 11.3 Å². The van der Waals surface area contributed by atoms with Crippen LogP contribution in [-0.4, -0.2) is 9.97 Å². The number of hydrogen-bond acceptors (Lipinski definition) is 6. The Bertz CT molecular complexity index is 641. The van der Waals surface area contributed by atoms with Crippen LogP contribution in [-0.2, 0) is 0 Å². The Morgan fingerprint density at radius 2 is 2.21 bits per heavy atom. The lowest BCUT2D eigenvalue weighted by Gasteiger charge is -2.14. The molecule has 2 heterocycles. The molecule has 0 spiro atoms. The maximum absolute atomic E-state index is 9.09. The van der Waals surface area contributed by atoms with E-state index in [1.54, 1.807) is 23.6 Å². The number of nitrogens with one attached hydrogen (secondary N) is 1. The fourth-order valence-electron chi connectivity index (χ4n) is 1.90. The van der Waals surface area contributed by atoms with E-state index in [0.29, 0.717) is 17.1 Å². The molecule has 1 atom stereocenters. The summed E-state index contributed by atoms with van der Waals surface area (Å²) in [4.78, 5) is 9.73. The number of nitrogens with two attached hydrogens (primary N) is 1. The molecule has 0 saturated carbocycles. The third-order valence-corrected chi connectivity index (χ3v) is 3.97. The molecule has 1 unspecified atom stereocenters. The molecule has 0 aromatic carbocycles. The second-order valence-electron chi connectivity index (χ2n) is 4.33. The van der Waals surface area contributed by atoms with Crippen LogP contribution in [0.1, 0.15) is 34.1 Å². The summed E-state index contributed by atoms with van der Waals surface area (Å²) in [5.41, 5.74) is 7.57. The smallest absolute Gasteiger partial charge is 0.144 e. The summed E-state index contributed by atoms with van der Waals surface area (Å²) < 4.78 is 0. The van der Waals surface area contributed by atoms with Gasteiger partial charge in [-0.05, 0) is 26.8 Å². The number of nitrogens with zero attached hydrogens (tertiary/aromatic N) is 3. The lowest BCUT2D eigenvalue weighted by molar-refractivity contribution is 0.879. The number of pyridine rings is 1. The van der Waals surface area contributed by atoms with Crippen molar-refractivity contribution in [1.29, 1.82) is 5.26 Å². The maximum atomic E-state index is 9.09. The second kappa shape index (κ2) is 5.24. The first-order valence-corrected chi connectivity index (χ1v) is 6.69. The van der Waals surface area contributed by atoms with Crippen molar-refractivity contribution in [3.05, 3.63) is 33.4 Å². The lowest BCUT2D eigenvalue weighted by Crippen LogP contribution is -2.09. The van der Waals surface area contributed by atoms with Gasteiger partial charge in [0.25, 0.3) is 0 Å². The molecule has 0 aliphatic heterocycles. The largest absolute Gasteiger partial charge is 0.397 e. The normalized spacial score (nSPS) is 11.9. The molecule has 0 aliphatic rings. The van der Waals surface area contributed by atoms with Gasteiger partial charge in [-0.25, -0.2) is 9.97 Å². The van der Waals surface area contributed by atoms with E-state index in [1.165, 1.54) is 0 Å². The highest BCUT2D eigenvalue weighted by Crippen LogP contribution is 2.28. The molecule has 2 rings (SSSR count). The Balaban J connectivity index is 2.27. The monoisotopic (exact) mass is 273 g/mol. The van der Waals surface area contributed by atoms with Crippen LogP contribution in [0.5, 0.6) is 0 Å². The van der Waals surface area contributed by atoms with E-state index >= 15 is 0 Å². The van der Waals surface area contributed by atoms with Gasteiger partial charge in [0.2, 0.25) is 0 Å². The summed E-state index contributed by atoms with van der Waals surface area (Å²) >= 11 is 1.65.